The van der Waals surface area contributed by atoms with Crippen molar-refractivity contribution in [3.05, 3.63) is 75.2 Å². The van der Waals surface area contributed by atoms with Gasteiger partial charge in [0.1, 0.15) is 35.0 Å². The number of hydrogen-bond acceptors (Lipinski definition) is 16. The Balaban J connectivity index is 1.30. The predicted octanol–water partition coefficient (Wildman–Crippen LogP) is -0.0568. The molecule has 24 heteroatoms. The van der Waals surface area contributed by atoms with Crippen LogP contribution in [-0.2, 0) is 41.8 Å². The number of benzene rings is 2. The molecule has 4 aromatic rings. The lowest BCUT2D eigenvalue weighted by Gasteiger charge is -2.56. The fraction of sp³-hybridized carbons (Fsp3) is 0.294. The molecule has 6 rings (SSSR count). The lowest BCUT2D eigenvalue weighted by Crippen LogP contribution is -2.81. The van der Waals surface area contributed by atoms with E-state index in [0.29, 0.717) is 0 Å². The average Bonchev–Trinajstić information content (AvgIpc) is 3.63. The Morgan fingerprint density at radius 2 is 1.76 bits per heavy atom. The highest BCUT2D eigenvalue weighted by molar-refractivity contribution is 8.01. The van der Waals surface area contributed by atoms with Crippen molar-refractivity contribution in [2.45, 2.75) is 42.3 Å². The zero-order valence-electron chi connectivity index (χ0n) is 30.1. The number of carbonyl (C=O) groups excluding carboxylic acids is 3. The Kier molecular flexibility index (Phi) is 11.6. The summed E-state index contributed by atoms with van der Waals surface area (Å²) in [4.78, 5) is 91.5. The number of rotatable bonds is 16. The van der Waals surface area contributed by atoms with Gasteiger partial charge in [-0.25, -0.2) is 14.3 Å². The number of pyridine rings is 1. The zero-order valence-corrected chi connectivity index (χ0v) is 31.8. The van der Waals surface area contributed by atoms with Crippen LogP contribution < -0.4 is 20.8 Å². The number of carboxylic acids is 3. The van der Waals surface area contributed by atoms with Gasteiger partial charge in [0.2, 0.25) is 16.5 Å². The van der Waals surface area contributed by atoms with E-state index in [9.17, 15) is 48.9 Å². The number of fused-ring (bicyclic) bond motifs is 2. The van der Waals surface area contributed by atoms with Crippen molar-refractivity contribution in [3.63, 3.8) is 0 Å². The van der Waals surface area contributed by atoms with E-state index in [2.05, 4.69) is 26.2 Å². The third-order valence-corrected chi connectivity index (χ3v) is 11.4. The molecular weight excluding hydrogens is 809 g/mol. The first-order chi connectivity index (χ1) is 27.6. The van der Waals surface area contributed by atoms with Gasteiger partial charge in [0.25, 0.3) is 17.5 Å². The largest absolute Gasteiger partial charge is 0.504 e. The van der Waals surface area contributed by atoms with Gasteiger partial charge >= 0.3 is 17.9 Å². The number of phenols is 2. The number of amides is 3. The number of carboxylic acid groups (broad SMARTS) is 3. The maximum absolute atomic E-state index is 14.3. The standard InChI is InChI=1S/C34H32N8O14S2/c1-3-40-10-19(27(49)18-8-21(43)22(44)9-20(18)40)28(50)35-25(15-4-6-17(7-5-15)56-12-24(47)48)29(51)36-34(55-2)31(54)42-26(30(52)53)16(13-57-32(34)42)14-58-33-37-38-39-41(33)11-23(45)46/h4-10,25,32,43-44H,3,11-14H2,1-2H3,(H,35,50)(H,36,51)(H,45,46)(H,47,48)(H,52,53)/t25?,32-,34-/m0/s1. The average molecular weight is 841 g/mol. The number of carbonyl (C=O) groups is 6. The van der Waals surface area contributed by atoms with Crippen molar-refractivity contribution in [2.24, 2.45) is 0 Å². The summed E-state index contributed by atoms with van der Waals surface area (Å²) >= 11 is 2.00. The highest BCUT2D eigenvalue weighted by atomic mass is 32.2. The first-order valence-electron chi connectivity index (χ1n) is 16.8. The van der Waals surface area contributed by atoms with Gasteiger partial charge in [0.05, 0.1) is 10.9 Å². The maximum atomic E-state index is 14.3. The SMILES string of the molecule is CCn1cc(C(=O)NC(C(=O)N[C@]2(OC)C(=O)N3C(C(=O)O)=C(CSc4nnnn4CC(=O)O)CS[C@H]32)c2ccc(OCC(=O)O)cc2)c(=O)c2cc(O)c(O)cc21. The molecule has 3 atom stereocenters. The number of aliphatic carboxylic acids is 3. The highest BCUT2D eigenvalue weighted by Gasteiger charge is 2.67. The predicted molar refractivity (Wildman–Crippen MR) is 199 cm³/mol. The van der Waals surface area contributed by atoms with E-state index in [0.717, 1.165) is 52.3 Å². The molecule has 0 spiro atoms. The Hall–Kier alpha value is -6.66. The summed E-state index contributed by atoms with van der Waals surface area (Å²) in [5.41, 5.74) is -3.30. The van der Waals surface area contributed by atoms with Gasteiger partial charge in [-0.2, -0.15) is 0 Å². The number of aromatic hydroxyl groups is 2. The second-order valence-corrected chi connectivity index (χ2v) is 14.5. The fourth-order valence-electron chi connectivity index (χ4n) is 6.24. The van der Waals surface area contributed by atoms with Crippen molar-refractivity contribution in [3.8, 4) is 17.2 Å². The monoisotopic (exact) mass is 840 g/mol. The number of ether oxygens (including phenoxy) is 2. The molecule has 1 saturated heterocycles. The van der Waals surface area contributed by atoms with Crippen molar-refractivity contribution in [1.82, 2.24) is 40.3 Å². The van der Waals surface area contributed by atoms with Gasteiger partial charge < -0.3 is 50.2 Å². The first-order valence-corrected chi connectivity index (χ1v) is 18.9. The van der Waals surface area contributed by atoms with Crippen LogP contribution in [0.15, 0.2) is 63.8 Å². The van der Waals surface area contributed by atoms with Crippen molar-refractivity contribution >= 4 is 70.1 Å². The number of β-lactam (4-membered cyclic amide) rings is 1. The summed E-state index contributed by atoms with van der Waals surface area (Å²) in [5.74, 6) is -8.03. The molecule has 22 nitrogen and oxygen atoms in total. The van der Waals surface area contributed by atoms with Crippen LogP contribution in [0.25, 0.3) is 10.9 Å². The van der Waals surface area contributed by atoms with E-state index in [1.54, 1.807) is 6.92 Å². The van der Waals surface area contributed by atoms with Crippen LogP contribution in [0.3, 0.4) is 0 Å². The van der Waals surface area contributed by atoms with Crippen LogP contribution in [0.4, 0.5) is 0 Å². The summed E-state index contributed by atoms with van der Waals surface area (Å²) in [6.07, 6.45) is 1.21. The van der Waals surface area contributed by atoms with Gasteiger partial charge in [-0.15, -0.1) is 16.9 Å². The van der Waals surface area contributed by atoms with Crippen LogP contribution in [0.1, 0.15) is 28.9 Å². The molecule has 2 aromatic carbocycles. The third kappa shape index (κ3) is 7.70. The first kappa shape index (κ1) is 41.0. The van der Waals surface area contributed by atoms with Crippen molar-refractivity contribution in [2.75, 3.05) is 25.2 Å². The number of nitrogens with zero attached hydrogens (tertiary/aromatic N) is 6. The number of phenolic OH excluding ortho intramolecular Hbond substituents is 2. The molecule has 7 N–H and O–H groups in total. The molecule has 4 heterocycles. The van der Waals surface area contributed by atoms with Gasteiger partial charge in [0, 0.05) is 37.4 Å². The second-order valence-electron chi connectivity index (χ2n) is 12.5. The minimum Gasteiger partial charge on any atom is -0.504 e. The summed E-state index contributed by atoms with van der Waals surface area (Å²) in [6, 6.07) is 5.80. The van der Waals surface area contributed by atoms with Crippen LogP contribution in [-0.4, -0.2) is 127 Å². The smallest absolute Gasteiger partial charge is 0.352 e. The molecule has 1 unspecified atom stereocenters. The van der Waals surface area contributed by atoms with Crippen molar-refractivity contribution < 1.29 is 63.8 Å². The minimum absolute atomic E-state index is 0.0154. The number of hydrogen-bond donors (Lipinski definition) is 7. The minimum atomic E-state index is -2.16. The second kappa shape index (κ2) is 16.4. The number of thioether (sulfide) groups is 2. The molecular formula is C34H32N8O14S2. The Labute approximate surface area is 333 Å². The van der Waals surface area contributed by atoms with E-state index in [4.69, 9.17) is 19.7 Å². The van der Waals surface area contributed by atoms with E-state index in [1.165, 1.54) is 35.0 Å². The molecule has 0 bridgehead atoms. The fourth-order valence-corrected chi connectivity index (χ4v) is 8.69. The number of aromatic nitrogens is 5. The summed E-state index contributed by atoms with van der Waals surface area (Å²) in [5, 5.41) is 63.2. The maximum Gasteiger partial charge on any atom is 0.352 e. The summed E-state index contributed by atoms with van der Waals surface area (Å²) < 4.78 is 13.2. The van der Waals surface area contributed by atoms with Gasteiger partial charge in [-0.1, -0.05) is 23.9 Å². The van der Waals surface area contributed by atoms with E-state index in [1.807, 2.05) is 0 Å². The lowest BCUT2D eigenvalue weighted by atomic mass is 9.96. The highest BCUT2D eigenvalue weighted by Crippen LogP contribution is 2.47. The van der Waals surface area contributed by atoms with Gasteiger partial charge in [-0.3, -0.25) is 28.9 Å². The lowest BCUT2D eigenvalue weighted by molar-refractivity contribution is -0.192. The third-order valence-electron chi connectivity index (χ3n) is 8.98. The van der Waals surface area contributed by atoms with E-state index < -0.39 is 94.1 Å². The van der Waals surface area contributed by atoms with E-state index in [-0.39, 0.29) is 51.0 Å². The topological polar surface area (TPSA) is 315 Å². The molecule has 0 saturated carbocycles. The number of methoxy groups -OCH3 is 1. The van der Waals surface area contributed by atoms with E-state index >= 15 is 0 Å². The van der Waals surface area contributed by atoms with Crippen LogP contribution >= 0.6 is 23.5 Å². The Morgan fingerprint density at radius 3 is 2.40 bits per heavy atom. The normalized spacial score (nSPS) is 17.9. The molecule has 0 aliphatic carbocycles. The Bertz CT molecular complexity index is 2450. The molecule has 2 aliphatic rings. The molecule has 2 aromatic heterocycles. The molecule has 0 radical (unpaired) electrons. The number of nitrogens with one attached hydrogen (secondary N) is 2. The summed E-state index contributed by atoms with van der Waals surface area (Å²) in [7, 11) is 1.12. The molecule has 304 valence electrons. The Morgan fingerprint density at radius 1 is 1.05 bits per heavy atom. The van der Waals surface area contributed by atoms with Gasteiger partial charge in [-0.05, 0) is 46.7 Å². The van der Waals surface area contributed by atoms with Crippen LogP contribution in [0.2, 0.25) is 0 Å². The summed E-state index contributed by atoms with van der Waals surface area (Å²) in [6.45, 7) is 0.694. The van der Waals surface area contributed by atoms with Gasteiger partial charge in [0.15, 0.2) is 18.1 Å². The zero-order chi connectivity index (χ0) is 42.1. The molecule has 3 amide bonds. The molecule has 1 fully saturated rings. The van der Waals surface area contributed by atoms with Crippen LogP contribution in [0, 0.1) is 0 Å². The van der Waals surface area contributed by atoms with Crippen molar-refractivity contribution in [1.29, 1.82) is 0 Å². The molecule has 58 heavy (non-hydrogen) atoms. The number of tetrazole rings is 1. The number of aryl methyl sites for hydroxylation is 1. The quantitative estimate of drug-likeness (QED) is 0.0336. The molecule has 2 aliphatic heterocycles. The van der Waals surface area contributed by atoms with Crippen LogP contribution in [0.5, 0.6) is 17.2 Å².